The molecule has 1 heterocycles. The Labute approximate surface area is 196 Å². The Bertz CT molecular complexity index is 361. The van der Waals surface area contributed by atoms with Gasteiger partial charge in [-0.15, -0.1) is 0 Å². The van der Waals surface area contributed by atoms with E-state index in [0.29, 0.717) is 6.17 Å². The van der Waals surface area contributed by atoms with Gasteiger partial charge in [-0.1, -0.05) is 142 Å². The van der Waals surface area contributed by atoms with E-state index < -0.39 is 0 Å². The summed E-state index contributed by atoms with van der Waals surface area (Å²) < 4.78 is 0. The average Bonchev–Trinajstić information content (AvgIpc) is 3.24. The van der Waals surface area contributed by atoms with Gasteiger partial charge >= 0.3 is 0 Å². The molecule has 3 heteroatoms. The lowest BCUT2D eigenvalue weighted by molar-refractivity contribution is 0.00403. The number of hydrogen-bond donors (Lipinski definition) is 2. The normalized spacial score (nSPS) is 18.1. The van der Waals surface area contributed by atoms with Crippen LogP contribution in [-0.4, -0.2) is 35.5 Å². The lowest BCUT2D eigenvalue weighted by atomic mass is 10.0. The van der Waals surface area contributed by atoms with Gasteiger partial charge in [-0.05, 0) is 13.3 Å². The maximum atomic E-state index is 9.78. The van der Waals surface area contributed by atoms with Crippen LogP contribution >= 0.6 is 0 Å². The molecular formula is C28H58N2O. The Morgan fingerprint density at radius 2 is 1.00 bits per heavy atom. The molecule has 2 N–H and O–H groups in total. The zero-order valence-electron chi connectivity index (χ0n) is 21.5. The minimum Gasteiger partial charge on any atom is -0.379 e. The van der Waals surface area contributed by atoms with E-state index >= 15 is 0 Å². The lowest BCUT2D eigenvalue weighted by Crippen LogP contribution is -2.41. The van der Waals surface area contributed by atoms with E-state index in [2.05, 4.69) is 17.1 Å². The monoisotopic (exact) mass is 438 g/mol. The molecule has 2 atom stereocenters. The highest BCUT2D eigenvalue weighted by Crippen LogP contribution is 2.17. The second-order valence-corrected chi connectivity index (χ2v) is 10.2. The van der Waals surface area contributed by atoms with E-state index in [4.69, 9.17) is 0 Å². The molecule has 0 aromatic rings. The number of rotatable bonds is 23. The largest absolute Gasteiger partial charge is 0.379 e. The molecule has 0 aromatic heterocycles. The van der Waals surface area contributed by atoms with Gasteiger partial charge in [0.25, 0.3) is 0 Å². The molecule has 0 aromatic carbocycles. The SMILES string of the molecule is CCCCCCCCCCCCCCCCCCCCCCCC1NCCN1C(C)O. The topological polar surface area (TPSA) is 35.5 Å². The first-order valence-corrected chi connectivity index (χ1v) is 14.4. The van der Waals surface area contributed by atoms with Crippen LogP contribution in [-0.2, 0) is 0 Å². The molecule has 31 heavy (non-hydrogen) atoms. The fraction of sp³-hybridized carbons (Fsp3) is 1.00. The van der Waals surface area contributed by atoms with Crippen LogP contribution in [0.15, 0.2) is 0 Å². The Balaban J connectivity index is 1.69. The third-order valence-corrected chi connectivity index (χ3v) is 7.21. The van der Waals surface area contributed by atoms with Gasteiger partial charge in [-0.2, -0.15) is 0 Å². The maximum absolute atomic E-state index is 9.78. The zero-order valence-corrected chi connectivity index (χ0v) is 21.5. The Morgan fingerprint density at radius 3 is 1.35 bits per heavy atom. The standard InChI is InChI=1S/C28H58N2O/c1-3-4-5-6-7-8-9-10-11-12-13-14-15-16-17-18-19-20-21-22-23-24-28-29-25-26-30(28)27(2)31/h27-29,31H,3-26H2,1-2H3. The fourth-order valence-electron chi connectivity index (χ4n) is 5.12. The maximum Gasteiger partial charge on any atom is 0.105 e. The summed E-state index contributed by atoms with van der Waals surface area (Å²) in [4.78, 5) is 2.19. The van der Waals surface area contributed by atoms with Gasteiger partial charge in [0.15, 0.2) is 0 Å². The molecule has 1 aliphatic rings. The number of aliphatic hydroxyl groups excluding tert-OH is 1. The third-order valence-electron chi connectivity index (χ3n) is 7.21. The summed E-state index contributed by atoms with van der Waals surface area (Å²) in [6.45, 7) is 6.20. The molecule has 0 spiro atoms. The summed E-state index contributed by atoms with van der Waals surface area (Å²) in [7, 11) is 0. The average molecular weight is 439 g/mol. The molecule has 2 unspecified atom stereocenters. The summed E-state index contributed by atoms with van der Waals surface area (Å²) in [5.41, 5.74) is 0. The van der Waals surface area contributed by atoms with E-state index in [0.717, 1.165) is 13.1 Å². The Morgan fingerprint density at radius 1 is 0.645 bits per heavy atom. The highest BCUT2D eigenvalue weighted by Gasteiger charge is 2.25. The predicted octanol–water partition coefficient (Wildman–Crippen LogP) is 8.16. The lowest BCUT2D eigenvalue weighted by Gasteiger charge is -2.26. The van der Waals surface area contributed by atoms with Crippen molar-refractivity contribution in [2.75, 3.05) is 13.1 Å². The van der Waals surface area contributed by atoms with Crippen LogP contribution in [0.3, 0.4) is 0 Å². The smallest absolute Gasteiger partial charge is 0.105 e. The molecule has 1 fully saturated rings. The van der Waals surface area contributed by atoms with Gasteiger partial charge in [0.2, 0.25) is 0 Å². The molecule has 0 bridgehead atoms. The van der Waals surface area contributed by atoms with Crippen molar-refractivity contribution in [3.63, 3.8) is 0 Å². The summed E-state index contributed by atoms with van der Waals surface area (Å²) in [5, 5.41) is 13.3. The minimum absolute atomic E-state index is 0.310. The van der Waals surface area contributed by atoms with Crippen molar-refractivity contribution >= 4 is 0 Å². The van der Waals surface area contributed by atoms with Crippen LogP contribution < -0.4 is 5.32 Å². The molecule has 1 aliphatic heterocycles. The molecule has 1 rings (SSSR count). The highest BCUT2D eigenvalue weighted by atomic mass is 16.3. The molecule has 186 valence electrons. The van der Waals surface area contributed by atoms with E-state index in [1.807, 2.05) is 6.92 Å². The van der Waals surface area contributed by atoms with Crippen molar-refractivity contribution in [3.8, 4) is 0 Å². The van der Waals surface area contributed by atoms with E-state index in [-0.39, 0.29) is 6.23 Å². The molecule has 0 saturated carbocycles. The van der Waals surface area contributed by atoms with Crippen LogP contribution in [0.1, 0.15) is 155 Å². The Kier molecular flexibility index (Phi) is 20.2. The van der Waals surface area contributed by atoms with Crippen molar-refractivity contribution in [3.05, 3.63) is 0 Å². The third kappa shape index (κ3) is 17.1. The molecular weight excluding hydrogens is 380 g/mol. The first kappa shape index (κ1) is 28.9. The number of hydrogen-bond acceptors (Lipinski definition) is 3. The predicted molar refractivity (Wildman–Crippen MR) is 137 cm³/mol. The first-order valence-electron chi connectivity index (χ1n) is 14.4. The van der Waals surface area contributed by atoms with Crippen molar-refractivity contribution in [2.45, 2.75) is 167 Å². The van der Waals surface area contributed by atoms with Crippen LogP contribution in [0, 0.1) is 0 Å². The highest BCUT2D eigenvalue weighted by molar-refractivity contribution is 4.78. The molecule has 1 saturated heterocycles. The van der Waals surface area contributed by atoms with Crippen molar-refractivity contribution < 1.29 is 5.11 Å². The quantitative estimate of drug-likeness (QED) is 0.158. The number of unbranched alkanes of at least 4 members (excludes halogenated alkanes) is 20. The second-order valence-electron chi connectivity index (χ2n) is 10.2. The van der Waals surface area contributed by atoms with Gasteiger partial charge in [-0.3, -0.25) is 4.90 Å². The minimum atomic E-state index is -0.310. The number of nitrogens with zero attached hydrogens (tertiary/aromatic N) is 1. The fourth-order valence-corrected chi connectivity index (χ4v) is 5.12. The van der Waals surface area contributed by atoms with E-state index in [9.17, 15) is 5.11 Å². The summed E-state index contributed by atoms with van der Waals surface area (Å²) >= 11 is 0. The van der Waals surface area contributed by atoms with Crippen LogP contribution in [0.5, 0.6) is 0 Å². The molecule has 0 aliphatic carbocycles. The van der Waals surface area contributed by atoms with Crippen molar-refractivity contribution in [1.82, 2.24) is 10.2 Å². The van der Waals surface area contributed by atoms with Crippen LogP contribution in [0.2, 0.25) is 0 Å². The van der Waals surface area contributed by atoms with Gasteiger partial charge in [-0.25, -0.2) is 0 Å². The van der Waals surface area contributed by atoms with E-state index in [1.165, 1.54) is 141 Å². The molecule has 3 nitrogen and oxygen atoms in total. The zero-order chi connectivity index (χ0) is 22.4. The number of nitrogens with one attached hydrogen (secondary N) is 1. The van der Waals surface area contributed by atoms with E-state index in [1.54, 1.807) is 0 Å². The van der Waals surface area contributed by atoms with Crippen LogP contribution in [0.25, 0.3) is 0 Å². The van der Waals surface area contributed by atoms with Crippen LogP contribution in [0.4, 0.5) is 0 Å². The summed E-state index contributed by atoms with van der Waals surface area (Å²) in [6, 6.07) is 0. The summed E-state index contributed by atoms with van der Waals surface area (Å²) in [5.74, 6) is 0. The summed E-state index contributed by atoms with van der Waals surface area (Å²) in [6.07, 6.45) is 31.5. The van der Waals surface area contributed by atoms with Gasteiger partial charge in [0.05, 0.1) is 6.17 Å². The molecule has 0 amide bonds. The van der Waals surface area contributed by atoms with Gasteiger partial charge < -0.3 is 10.4 Å². The first-order chi connectivity index (χ1) is 15.3. The van der Waals surface area contributed by atoms with Gasteiger partial charge in [0.1, 0.15) is 6.23 Å². The molecule has 0 radical (unpaired) electrons. The van der Waals surface area contributed by atoms with Crippen molar-refractivity contribution in [2.24, 2.45) is 0 Å². The van der Waals surface area contributed by atoms with Gasteiger partial charge in [0, 0.05) is 13.1 Å². The van der Waals surface area contributed by atoms with Crippen molar-refractivity contribution in [1.29, 1.82) is 0 Å². The second kappa shape index (κ2) is 21.7. The number of aliphatic hydroxyl groups is 1. The Hall–Kier alpha value is -0.120.